The first-order valence-corrected chi connectivity index (χ1v) is 12.6. The molecule has 0 bridgehead atoms. The fourth-order valence-electron chi connectivity index (χ4n) is 3.24. The smallest absolute Gasteiger partial charge is 0.352 e. The van der Waals surface area contributed by atoms with Gasteiger partial charge in [0.25, 0.3) is 11.4 Å². The minimum atomic E-state index is -4.42. The van der Waals surface area contributed by atoms with E-state index in [0.717, 1.165) is 6.07 Å². The highest BCUT2D eigenvalue weighted by Gasteiger charge is 2.37. The van der Waals surface area contributed by atoms with E-state index in [1.165, 1.54) is 12.1 Å². The lowest BCUT2D eigenvalue weighted by Gasteiger charge is -2.27. The molecule has 0 spiro atoms. The van der Waals surface area contributed by atoms with Crippen LogP contribution >= 0.6 is 7.60 Å². The number of anilines is 1. The summed E-state index contributed by atoms with van der Waals surface area (Å²) in [5, 5.41) is 30.8. The first-order chi connectivity index (χ1) is 14.9. The minimum absolute atomic E-state index is 0.0358. The van der Waals surface area contributed by atoms with Crippen molar-refractivity contribution in [2.24, 2.45) is 5.14 Å². The number of hydrogen-bond acceptors (Lipinski definition) is 10. The number of nitrogens with one attached hydrogen (secondary N) is 1. The number of nitro groups is 2. The summed E-state index contributed by atoms with van der Waals surface area (Å²) in [5.74, 6) is -1.07. The maximum absolute atomic E-state index is 13.3. The third-order valence-corrected chi connectivity index (χ3v) is 7.93. The van der Waals surface area contributed by atoms with Crippen molar-refractivity contribution in [1.29, 1.82) is 0 Å². The van der Waals surface area contributed by atoms with Gasteiger partial charge in [-0.1, -0.05) is 19.1 Å². The Bertz CT molecular complexity index is 1190. The number of non-ortho nitro benzene ring substituents is 1. The fourth-order valence-corrected chi connectivity index (χ4v) is 5.90. The van der Waals surface area contributed by atoms with Gasteiger partial charge in [0.2, 0.25) is 10.0 Å². The lowest BCUT2D eigenvalue weighted by atomic mass is 10.0. The molecule has 2 rings (SSSR count). The molecule has 2 aromatic rings. The van der Waals surface area contributed by atoms with E-state index in [1.807, 2.05) is 0 Å². The van der Waals surface area contributed by atoms with Gasteiger partial charge in [0, 0.05) is 5.39 Å². The first-order valence-electron chi connectivity index (χ1n) is 9.47. The molecular weight excluding hydrogens is 467 g/mol. The largest absolute Gasteiger partial charge is 0.365 e. The van der Waals surface area contributed by atoms with Crippen LogP contribution in [0.15, 0.2) is 29.2 Å². The molecule has 15 heteroatoms. The second-order valence-electron chi connectivity index (χ2n) is 6.47. The molecule has 1 unspecified atom stereocenters. The van der Waals surface area contributed by atoms with Gasteiger partial charge in [0.15, 0.2) is 0 Å². The van der Waals surface area contributed by atoms with Gasteiger partial charge in [-0.2, -0.15) is 0 Å². The number of benzene rings is 2. The fraction of sp³-hybridized carbons (Fsp3) is 0.412. The van der Waals surface area contributed by atoms with Gasteiger partial charge in [0.05, 0.1) is 39.4 Å². The van der Waals surface area contributed by atoms with Crippen molar-refractivity contribution in [3.63, 3.8) is 0 Å². The van der Waals surface area contributed by atoms with E-state index in [0.29, 0.717) is 6.07 Å². The summed E-state index contributed by atoms with van der Waals surface area (Å²) in [6.45, 7) is 4.90. The summed E-state index contributed by atoms with van der Waals surface area (Å²) in [7, 11) is -8.23. The molecule has 2 aromatic carbocycles. The van der Waals surface area contributed by atoms with Gasteiger partial charge in [-0.15, -0.1) is 0 Å². The molecule has 0 saturated carbocycles. The normalized spacial score (nSPS) is 13.1. The van der Waals surface area contributed by atoms with Crippen LogP contribution in [-0.4, -0.2) is 37.3 Å². The average Bonchev–Trinajstić information content (AvgIpc) is 2.70. The molecule has 0 aromatic heterocycles. The molecule has 13 nitrogen and oxygen atoms in total. The predicted molar refractivity (Wildman–Crippen MR) is 117 cm³/mol. The van der Waals surface area contributed by atoms with Crippen LogP contribution in [0.4, 0.5) is 17.1 Å². The Hall–Kier alpha value is -2.64. The number of nitro benzene ring substituents is 2. The number of nitrogens with zero attached hydrogens (tertiary/aromatic N) is 2. The number of primary sulfonamides is 1. The number of hydrogen-bond donors (Lipinski definition) is 2. The van der Waals surface area contributed by atoms with Crippen LogP contribution in [0, 0.1) is 20.2 Å². The van der Waals surface area contributed by atoms with Crippen molar-refractivity contribution in [1.82, 2.24) is 0 Å². The van der Waals surface area contributed by atoms with Gasteiger partial charge in [0.1, 0.15) is 11.5 Å². The number of rotatable bonds is 11. The lowest BCUT2D eigenvalue weighted by Crippen LogP contribution is -2.23. The van der Waals surface area contributed by atoms with Crippen molar-refractivity contribution in [2.75, 3.05) is 18.5 Å². The second-order valence-corrected chi connectivity index (χ2v) is 10.2. The van der Waals surface area contributed by atoms with Crippen molar-refractivity contribution in [3.8, 4) is 0 Å². The van der Waals surface area contributed by atoms with Gasteiger partial charge >= 0.3 is 7.60 Å². The quantitative estimate of drug-likeness (QED) is 0.266. The first kappa shape index (κ1) is 25.6. The standard InChI is InChI=1S/C17H23N4O9PS/c1-4-15(31(26,29-5-2)30-6-3)19-17-11-8-7-9-14(32(18,27)28)16(11)12(20(22)23)10-13(17)21(24)25/h7-10,15,19H,4-6H2,1-3H3,(H2,18,27,28). The van der Waals surface area contributed by atoms with E-state index < -0.39 is 54.9 Å². The highest BCUT2D eigenvalue weighted by atomic mass is 32.2. The van der Waals surface area contributed by atoms with Gasteiger partial charge < -0.3 is 14.4 Å². The summed E-state index contributed by atoms with van der Waals surface area (Å²) in [6.07, 6.45) is 0.141. The molecule has 3 N–H and O–H groups in total. The summed E-state index contributed by atoms with van der Waals surface area (Å²) in [5.41, 5.74) is -1.80. The van der Waals surface area contributed by atoms with Crippen LogP contribution in [-0.2, 0) is 23.6 Å². The molecular formula is C17H23N4O9PS. The van der Waals surface area contributed by atoms with Crippen LogP contribution in [0.1, 0.15) is 27.2 Å². The van der Waals surface area contributed by atoms with Gasteiger partial charge in [-0.25, -0.2) is 13.6 Å². The van der Waals surface area contributed by atoms with E-state index >= 15 is 0 Å². The van der Waals surface area contributed by atoms with E-state index in [4.69, 9.17) is 14.2 Å². The highest BCUT2D eigenvalue weighted by Crippen LogP contribution is 2.55. The molecule has 32 heavy (non-hydrogen) atoms. The van der Waals surface area contributed by atoms with Gasteiger partial charge in [-0.3, -0.25) is 24.8 Å². The summed E-state index contributed by atoms with van der Waals surface area (Å²) in [6, 6.07) is 4.21. The SMILES string of the molecule is CCOP(=O)(OCC)C(CC)Nc1c([N+](=O)[O-])cc([N+](=O)[O-])c2c(S(N)(=O)=O)cccc12. The Morgan fingerprint density at radius 2 is 1.66 bits per heavy atom. The van der Waals surface area contributed by atoms with Crippen LogP contribution in [0.3, 0.4) is 0 Å². The Morgan fingerprint density at radius 3 is 2.09 bits per heavy atom. The Labute approximate surface area is 183 Å². The van der Waals surface area contributed by atoms with Crippen LogP contribution in [0.25, 0.3) is 10.8 Å². The molecule has 0 radical (unpaired) electrons. The van der Waals surface area contributed by atoms with Gasteiger partial charge in [-0.05, 0) is 26.3 Å². The molecule has 0 heterocycles. The number of nitrogens with two attached hydrogens (primary N) is 1. The van der Waals surface area contributed by atoms with Crippen LogP contribution in [0.5, 0.6) is 0 Å². The van der Waals surface area contributed by atoms with Crippen LogP contribution in [0.2, 0.25) is 0 Å². The zero-order valence-electron chi connectivity index (χ0n) is 17.5. The predicted octanol–water partition coefficient (Wildman–Crippen LogP) is 3.72. The topological polar surface area (TPSA) is 194 Å². The van der Waals surface area contributed by atoms with Crippen molar-refractivity contribution >= 4 is 45.5 Å². The molecule has 0 amide bonds. The zero-order valence-corrected chi connectivity index (χ0v) is 19.2. The Balaban J connectivity index is 2.93. The molecule has 1 atom stereocenters. The van der Waals surface area contributed by atoms with E-state index in [1.54, 1.807) is 20.8 Å². The van der Waals surface area contributed by atoms with Crippen molar-refractivity contribution in [3.05, 3.63) is 44.5 Å². The summed E-state index contributed by atoms with van der Waals surface area (Å²) < 4.78 is 48.1. The molecule has 176 valence electrons. The maximum atomic E-state index is 13.3. The third kappa shape index (κ3) is 5.05. The number of sulfonamides is 1. The Kier molecular flexibility index (Phi) is 7.91. The van der Waals surface area contributed by atoms with E-state index in [9.17, 15) is 33.2 Å². The lowest BCUT2D eigenvalue weighted by molar-refractivity contribution is -0.392. The summed E-state index contributed by atoms with van der Waals surface area (Å²) in [4.78, 5) is 21.0. The molecule has 0 aliphatic heterocycles. The monoisotopic (exact) mass is 490 g/mol. The molecule has 0 saturated heterocycles. The van der Waals surface area contributed by atoms with E-state index in [2.05, 4.69) is 5.32 Å². The molecule has 0 aliphatic rings. The van der Waals surface area contributed by atoms with Crippen molar-refractivity contribution in [2.45, 2.75) is 37.9 Å². The maximum Gasteiger partial charge on any atom is 0.352 e. The van der Waals surface area contributed by atoms with Crippen LogP contribution < -0.4 is 10.5 Å². The van der Waals surface area contributed by atoms with E-state index in [-0.39, 0.29) is 30.7 Å². The molecule has 0 aliphatic carbocycles. The third-order valence-electron chi connectivity index (χ3n) is 4.48. The Morgan fingerprint density at radius 1 is 1.09 bits per heavy atom. The summed E-state index contributed by atoms with van der Waals surface area (Å²) >= 11 is 0. The second kappa shape index (κ2) is 9.88. The minimum Gasteiger partial charge on any atom is -0.365 e. The zero-order chi connectivity index (χ0) is 24.3. The van der Waals surface area contributed by atoms with Crippen molar-refractivity contribution < 1.29 is 31.9 Å². The highest BCUT2D eigenvalue weighted by molar-refractivity contribution is 7.89. The molecule has 0 fully saturated rings. The number of fused-ring (bicyclic) bond motifs is 1. The average molecular weight is 490 g/mol.